The van der Waals surface area contributed by atoms with Crippen molar-refractivity contribution in [1.29, 1.82) is 0 Å². The second-order valence-electron chi connectivity index (χ2n) is 7.50. The zero-order valence-electron chi connectivity index (χ0n) is 16.6. The van der Waals surface area contributed by atoms with Gasteiger partial charge < -0.3 is 9.88 Å². The first-order chi connectivity index (χ1) is 13.7. The Morgan fingerprint density at radius 3 is 2.50 bits per heavy atom. The Morgan fingerprint density at radius 2 is 1.75 bits per heavy atom. The highest BCUT2D eigenvalue weighted by atomic mass is 16.2. The summed E-state index contributed by atoms with van der Waals surface area (Å²) in [6.07, 6.45) is 4.37. The number of carbonyl (C=O) groups excluding carboxylic acids is 1. The van der Waals surface area contributed by atoms with E-state index in [2.05, 4.69) is 78.5 Å². The maximum Gasteiger partial charge on any atom is 0.283 e. The number of benzene rings is 2. The Hall–Kier alpha value is -2.85. The summed E-state index contributed by atoms with van der Waals surface area (Å²) in [6, 6.07) is 20.8. The van der Waals surface area contributed by atoms with Gasteiger partial charge >= 0.3 is 0 Å². The van der Waals surface area contributed by atoms with Crippen molar-refractivity contribution in [1.82, 2.24) is 4.57 Å². The molecule has 1 amide bonds. The number of anilines is 1. The van der Waals surface area contributed by atoms with E-state index in [0.29, 0.717) is 6.54 Å². The summed E-state index contributed by atoms with van der Waals surface area (Å²) in [4.78, 5) is 15.4. The molecule has 1 aliphatic rings. The first kappa shape index (κ1) is 18.5. The van der Waals surface area contributed by atoms with E-state index in [4.69, 9.17) is 0 Å². The first-order valence-corrected chi connectivity index (χ1v) is 10.2. The summed E-state index contributed by atoms with van der Waals surface area (Å²) in [5.41, 5.74) is 5.53. The molecular weight excluding hydrogens is 346 g/mol. The number of fused-ring (bicyclic) bond motifs is 3. The molecule has 4 rings (SSSR count). The van der Waals surface area contributed by atoms with Gasteiger partial charge in [0.25, 0.3) is 5.91 Å². The number of nitrogens with zero attached hydrogens (tertiary/aromatic N) is 2. The maximum absolute atomic E-state index is 13.4. The number of aromatic nitrogens is 1. The van der Waals surface area contributed by atoms with Crippen LogP contribution in [0.5, 0.6) is 0 Å². The molecule has 4 heteroatoms. The van der Waals surface area contributed by atoms with Gasteiger partial charge in [0.15, 0.2) is 6.54 Å². The third kappa shape index (κ3) is 3.36. The third-order valence-electron chi connectivity index (χ3n) is 5.46. The van der Waals surface area contributed by atoms with Crippen LogP contribution < -0.4 is 10.2 Å². The molecule has 1 aromatic heterocycles. The van der Waals surface area contributed by atoms with Crippen molar-refractivity contribution in [2.75, 3.05) is 18.0 Å². The molecule has 144 valence electrons. The summed E-state index contributed by atoms with van der Waals surface area (Å²) < 4.78 is 2.21. The van der Waals surface area contributed by atoms with Crippen molar-refractivity contribution < 1.29 is 10.1 Å². The second kappa shape index (κ2) is 8.03. The highest BCUT2D eigenvalue weighted by Crippen LogP contribution is 2.42. The average molecular weight is 375 g/mol. The fraction of sp³-hybridized carbons (Fsp3) is 0.292. The van der Waals surface area contributed by atoms with Crippen LogP contribution in [0.2, 0.25) is 0 Å². The van der Waals surface area contributed by atoms with Gasteiger partial charge in [0, 0.05) is 6.20 Å². The van der Waals surface area contributed by atoms with Crippen LogP contribution in [0.15, 0.2) is 66.9 Å². The van der Waals surface area contributed by atoms with E-state index < -0.39 is 0 Å². The van der Waals surface area contributed by atoms with Crippen LogP contribution in [0.25, 0.3) is 5.69 Å². The quantitative estimate of drug-likeness (QED) is 0.659. The number of nitrogens with two attached hydrogens (primary N) is 1. The van der Waals surface area contributed by atoms with Crippen molar-refractivity contribution in [3.8, 4) is 5.69 Å². The van der Waals surface area contributed by atoms with Crippen LogP contribution in [0.1, 0.15) is 42.6 Å². The minimum absolute atomic E-state index is 0.113. The molecule has 0 spiro atoms. The summed E-state index contributed by atoms with van der Waals surface area (Å²) >= 11 is 0. The molecule has 0 saturated heterocycles. The minimum Gasteiger partial charge on any atom is -0.338 e. The van der Waals surface area contributed by atoms with Crippen LogP contribution in [0, 0.1) is 6.92 Å². The molecule has 1 atom stereocenters. The summed E-state index contributed by atoms with van der Waals surface area (Å²) in [5, 5.41) is 2.13. The zero-order chi connectivity index (χ0) is 19.5. The van der Waals surface area contributed by atoms with Crippen molar-refractivity contribution in [3.05, 3.63) is 83.7 Å². The standard InChI is InChI=1S/C24H27N3O/c1-3-4-15-25-17-23(28)27-21-9-6-5-8-20(21)26-16-7-10-22(26)24(27)19-13-11-18(2)12-14-19/h5-14,16,24-25H,3-4,15,17H2,1-2H3/p+1/t24-/m1/s1. The number of hydrogen-bond acceptors (Lipinski definition) is 1. The van der Waals surface area contributed by atoms with Crippen LogP contribution in [-0.2, 0) is 4.79 Å². The van der Waals surface area contributed by atoms with Crippen LogP contribution in [-0.4, -0.2) is 23.6 Å². The lowest BCUT2D eigenvalue weighted by Crippen LogP contribution is -2.86. The number of carbonyl (C=O) groups is 1. The smallest absolute Gasteiger partial charge is 0.283 e. The normalized spacial score (nSPS) is 15.2. The average Bonchev–Trinajstić information content (AvgIpc) is 3.21. The molecule has 0 fully saturated rings. The van der Waals surface area contributed by atoms with Gasteiger partial charge in [-0.2, -0.15) is 0 Å². The number of quaternary nitrogens is 1. The van der Waals surface area contributed by atoms with Gasteiger partial charge in [0.1, 0.15) is 6.04 Å². The number of para-hydroxylation sites is 2. The Labute approximate surface area is 166 Å². The lowest BCUT2D eigenvalue weighted by Gasteiger charge is -2.38. The minimum atomic E-state index is -0.113. The largest absolute Gasteiger partial charge is 0.338 e. The van der Waals surface area contributed by atoms with E-state index in [1.165, 1.54) is 5.56 Å². The van der Waals surface area contributed by atoms with Gasteiger partial charge in [-0.25, -0.2) is 0 Å². The van der Waals surface area contributed by atoms with E-state index in [1.54, 1.807) is 0 Å². The van der Waals surface area contributed by atoms with Gasteiger partial charge in [-0.1, -0.05) is 55.3 Å². The van der Waals surface area contributed by atoms with Crippen LogP contribution in [0.4, 0.5) is 5.69 Å². The van der Waals surface area contributed by atoms with Gasteiger partial charge in [0.05, 0.1) is 23.6 Å². The monoisotopic (exact) mass is 374 g/mol. The third-order valence-corrected chi connectivity index (χ3v) is 5.46. The molecule has 0 aliphatic carbocycles. The summed E-state index contributed by atoms with van der Waals surface area (Å²) in [6.45, 7) is 5.73. The van der Waals surface area contributed by atoms with Crippen molar-refractivity contribution in [3.63, 3.8) is 0 Å². The Kier molecular flexibility index (Phi) is 5.31. The fourth-order valence-corrected chi connectivity index (χ4v) is 4.00. The van der Waals surface area contributed by atoms with E-state index >= 15 is 0 Å². The van der Waals surface area contributed by atoms with Crippen LogP contribution in [0.3, 0.4) is 0 Å². The molecule has 2 heterocycles. The second-order valence-corrected chi connectivity index (χ2v) is 7.50. The Morgan fingerprint density at radius 1 is 1.00 bits per heavy atom. The van der Waals surface area contributed by atoms with E-state index in [1.807, 2.05) is 17.0 Å². The summed E-state index contributed by atoms with van der Waals surface area (Å²) in [7, 11) is 0. The molecule has 1 aliphatic heterocycles. The Bertz CT molecular complexity index is 958. The van der Waals surface area contributed by atoms with Gasteiger partial charge in [-0.05, 0) is 43.2 Å². The first-order valence-electron chi connectivity index (χ1n) is 10.2. The molecule has 0 bridgehead atoms. The highest BCUT2D eigenvalue weighted by Gasteiger charge is 2.36. The molecule has 2 aromatic carbocycles. The molecule has 28 heavy (non-hydrogen) atoms. The summed E-state index contributed by atoms with van der Waals surface area (Å²) in [5.74, 6) is 0.154. The van der Waals surface area contributed by atoms with Gasteiger partial charge in [-0.15, -0.1) is 0 Å². The van der Waals surface area contributed by atoms with E-state index in [-0.39, 0.29) is 11.9 Å². The fourth-order valence-electron chi connectivity index (χ4n) is 4.00. The van der Waals surface area contributed by atoms with E-state index in [0.717, 1.165) is 42.0 Å². The number of rotatable bonds is 6. The molecule has 2 N–H and O–H groups in total. The molecule has 0 unspecified atom stereocenters. The zero-order valence-corrected chi connectivity index (χ0v) is 16.6. The molecule has 0 radical (unpaired) electrons. The van der Waals surface area contributed by atoms with Gasteiger partial charge in [0.2, 0.25) is 0 Å². The molecular formula is C24H28N3O+. The lowest BCUT2D eigenvalue weighted by atomic mass is 9.97. The number of amides is 1. The SMILES string of the molecule is CCCC[NH2+]CC(=O)N1c2ccccc2-n2cccc2[C@H]1c1ccc(C)cc1. The van der Waals surface area contributed by atoms with Crippen molar-refractivity contribution >= 4 is 11.6 Å². The lowest BCUT2D eigenvalue weighted by molar-refractivity contribution is -0.644. The Balaban J connectivity index is 1.77. The number of unbranched alkanes of at least 4 members (excludes halogenated alkanes) is 1. The van der Waals surface area contributed by atoms with Crippen molar-refractivity contribution in [2.24, 2.45) is 0 Å². The van der Waals surface area contributed by atoms with Crippen molar-refractivity contribution in [2.45, 2.75) is 32.7 Å². The highest BCUT2D eigenvalue weighted by molar-refractivity contribution is 5.98. The molecule has 3 aromatic rings. The maximum atomic E-state index is 13.4. The van der Waals surface area contributed by atoms with Gasteiger partial charge in [-0.3, -0.25) is 9.69 Å². The molecule has 0 saturated carbocycles. The van der Waals surface area contributed by atoms with Crippen LogP contribution >= 0.6 is 0 Å². The number of aryl methyl sites for hydroxylation is 1. The predicted octanol–water partition coefficient (Wildman–Crippen LogP) is 3.59. The predicted molar refractivity (Wildman–Crippen MR) is 113 cm³/mol. The molecule has 4 nitrogen and oxygen atoms in total. The topological polar surface area (TPSA) is 41.9 Å². The number of hydrogen-bond donors (Lipinski definition) is 1. The van der Waals surface area contributed by atoms with E-state index in [9.17, 15) is 4.79 Å².